The summed E-state index contributed by atoms with van der Waals surface area (Å²) < 4.78 is 6.40. The zero-order chi connectivity index (χ0) is 23.4. The van der Waals surface area contributed by atoms with Crippen LogP contribution in [-0.4, -0.2) is 69.9 Å². The van der Waals surface area contributed by atoms with Gasteiger partial charge in [0.25, 0.3) is 11.5 Å². The third kappa shape index (κ3) is 4.69. The third-order valence-corrected chi connectivity index (χ3v) is 7.12. The lowest BCUT2D eigenvalue weighted by molar-refractivity contribution is -0.149. The van der Waals surface area contributed by atoms with Gasteiger partial charge in [0.15, 0.2) is 0 Å². The number of likely N-dealkylation sites (tertiary alicyclic amines) is 1. The first-order valence-electron chi connectivity index (χ1n) is 11.0. The zero-order valence-corrected chi connectivity index (χ0v) is 19.9. The molecule has 0 spiro atoms. The molecule has 10 heteroatoms. The molecule has 2 amide bonds. The summed E-state index contributed by atoms with van der Waals surface area (Å²) in [5.41, 5.74) is 0.272. The van der Waals surface area contributed by atoms with E-state index in [9.17, 15) is 19.2 Å². The number of esters is 1. The molecule has 0 saturated carbocycles. The summed E-state index contributed by atoms with van der Waals surface area (Å²) in [5, 5.41) is 0.384. The standard InChI is InChI=1S/C22H30N4O5S/c1-5-24(6-2)16(27)12-26-13-23-19-17(20(26)28)14(4)18(32-19)21(29)25-10-8-15(9-11-25)22(30)31-7-3/h13,15H,5-12H2,1-4H3. The molecule has 32 heavy (non-hydrogen) atoms. The number of hydrogen-bond acceptors (Lipinski definition) is 7. The molecule has 174 valence electrons. The number of aryl methyl sites for hydroxylation is 1. The van der Waals surface area contributed by atoms with Crippen LogP contribution in [0, 0.1) is 12.8 Å². The highest BCUT2D eigenvalue weighted by Gasteiger charge is 2.30. The number of fused-ring (bicyclic) bond motifs is 1. The van der Waals surface area contributed by atoms with Crippen LogP contribution in [-0.2, 0) is 20.9 Å². The molecule has 0 radical (unpaired) electrons. The highest BCUT2D eigenvalue weighted by atomic mass is 32.1. The first-order chi connectivity index (χ1) is 15.3. The van der Waals surface area contributed by atoms with Crippen molar-refractivity contribution in [2.24, 2.45) is 5.92 Å². The summed E-state index contributed by atoms with van der Waals surface area (Å²) >= 11 is 1.20. The molecule has 0 N–H and O–H groups in total. The number of carbonyl (C=O) groups excluding carboxylic acids is 3. The second-order valence-corrected chi connectivity index (χ2v) is 8.80. The molecule has 0 bridgehead atoms. The molecule has 1 aliphatic rings. The van der Waals surface area contributed by atoms with Crippen molar-refractivity contribution in [3.05, 3.63) is 27.1 Å². The number of amides is 2. The summed E-state index contributed by atoms with van der Waals surface area (Å²) in [6, 6.07) is 0. The average Bonchev–Trinajstić information content (AvgIpc) is 3.13. The van der Waals surface area contributed by atoms with E-state index in [1.54, 1.807) is 23.6 Å². The van der Waals surface area contributed by atoms with Gasteiger partial charge in [-0.15, -0.1) is 11.3 Å². The first kappa shape index (κ1) is 23.9. The van der Waals surface area contributed by atoms with Crippen LogP contribution >= 0.6 is 11.3 Å². The monoisotopic (exact) mass is 462 g/mol. The summed E-state index contributed by atoms with van der Waals surface area (Å²) in [7, 11) is 0. The van der Waals surface area contributed by atoms with E-state index in [-0.39, 0.29) is 35.8 Å². The molecule has 1 saturated heterocycles. The Balaban J connectivity index is 1.80. The molecule has 2 aromatic rings. The number of aromatic nitrogens is 2. The van der Waals surface area contributed by atoms with E-state index in [1.165, 1.54) is 22.2 Å². The maximum absolute atomic E-state index is 13.2. The van der Waals surface area contributed by atoms with Crippen molar-refractivity contribution in [2.75, 3.05) is 32.8 Å². The highest BCUT2D eigenvalue weighted by molar-refractivity contribution is 7.20. The lowest BCUT2D eigenvalue weighted by Crippen LogP contribution is -2.40. The van der Waals surface area contributed by atoms with E-state index in [0.717, 1.165) is 0 Å². The SMILES string of the molecule is CCOC(=O)C1CCN(C(=O)c2sc3ncn(CC(=O)N(CC)CC)c(=O)c3c2C)CC1. The van der Waals surface area contributed by atoms with Gasteiger partial charge in [-0.3, -0.25) is 23.7 Å². The Morgan fingerprint density at radius 1 is 1.19 bits per heavy atom. The van der Waals surface area contributed by atoms with Crippen molar-refractivity contribution in [3.63, 3.8) is 0 Å². The van der Waals surface area contributed by atoms with Crippen LogP contribution in [0.1, 0.15) is 48.8 Å². The molecule has 9 nitrogen and oxygen atoms in total. The number of nitrogens with zero attached hydrogens (tertiary/aromatic N) is 4. The number of likely N-dealkylation sites (N-methyl/N-ethyl adjacent to an activating group) is 1. The second-order valence-electron chi connectivity index (χ2n) is 7.80. The average molecular weight is 463 g/mol. The Labute approximate surface area is 191 Å². The van der Waals surface area contributed by atoms with Crippen molar-refractivity contribution in [1.82, 2.24) is 19.4 Å². The van der Waals surface area contributed by atoms with Crippen molar-refractivity contribution >= 4 is 39.3 Å². The minimum Gasteiger partial charge on any atom is -0.466 e. The molecule has 0 atom stereocenters. The van der Waals surface area contributed by atoms with E-state index in [1.807, 2.05) is 13.8 Å². The number of rotatable bonds is 7. The molecular weight excluding hydrogens is 432 g/mol. The lowest BCUT2D eigenvalue weighted by Gasteiger charge is -2.30. The van der Waals surface area contributed by atoms with Gasteiger partial charge in [0.2, 0.25) is 5.91 Å². The summed E-state index contributed by atoms with van der Waals surface area (Å²) in [4.78, 5) is 59.3. The number of piperidine rings is 1. The van der Waals surface area contributed by atoms with E-state index >= 15 is 0 Å². The maximum Gasteiger partial charge on any atom is 0.309 e. The number of hydrogen-bond donors (Lipinski definition) is 0. The fraction of sp³-hybridized carbons (Fsp3) is 0.591. The van der Waals surface area contributed by atoms with Crippen molar-refractivity contribution < 1.29 is 19.1 Å². The van der Waals surface area contributed by atoms with E-state index in [2.05, 4.69) is 4.98 Å². The van der Waals surface area contributed by atoms with Gasteiger partial charge < -0.3 is 14.5 Å². The van der Waals surface area contributed by atoms with Crippen molar-refractivity contribution in [3.8, 4) is 0 Å². The highest BCUT2D eigenvalue weighted by Crippen LogP contribution is 2.29. The van der Waals surface area contributed by atoms with Gasteiger partial charge in [0.05, 0.1) is 29.1 Å². The maximum atomic E-state index is 13.2. The smallest absolute Gasteiger partial charge is 0.309 e. The Morgan fingerprint density at radius 3 is 2.44 bits per heavy atom. The van der Waals surface area contributed by atoms with Gasteiger partial charge in [-0.05, 0) is 46.1 Å². The van der Waals surface area contributed by atoms with Crippen LogP contribution in [0.25, 0.3) is 10.2 Å². The van der Waals surface area contributed by atoms with Gasteiger partial charge in [-0.25, -0.2) is 4.98 Å². The normalized spacial score (nSPS) is 14.6. The van der Waals surface area contributed by atoms with Crippen molar-refractivity contribution in [1.29, 1.82) is 0 Å². The van der Waals surface area contributed by atoms with E-state index < -0.39 is 0 Å². The third-order valence-electron chi connectivity index (χ3n) is 5.94. The summed E-state index contributed by atoms with van der Waals surface area (Å²) in [6.07, 6.45) is 2.50. The molecule has 0 aliphatic carbocycles. The molecule has 2 aromatic heterocycles. The minimum atomic E-state index is -0.315. The largest absolute Gasteiger partial charge is 0.466 e. The van der Waals surface area contributed by atoms with Crippen molar-refractivity contribution in [2.45, 2.75) is 47.1 Å². The van der Waals surface area contributed by atoms with Crippen LogP contribution in [0.4, 0.5) is 0 Å². The Hall–Kier alpha value is -2.75. The Bertz CT molecular complexity index is 1060. The van der Waals surface area contributed by atoms with Gasteiger partial charge in [0, 0.05) is 26.2 Å². The van der Waals surface area contributed by atoms with Crippen LogP contribution in [0.15, 0.2) is 11.1 Å². The quantitative estimate of drug-likeness (QED) is 0.584. The molecule has 3 heterocycles. The minimum absolute atomic E-state index is 0.0800. The summed E-state index contributed by atoms with van der Waals surface area (Å²) in [5.74, 6) is -0.689. The molecule has 0 aromatic carbocycles. The molecule has 1 fully saturated rings. The Kier molecular flexibility index (Phi) is 7.65. The number of thiophene rings is 1. The predicted octanol–water partition coefficient (Wildman–Crippen LogP) is 2.05. The van der Waals surface area contributed by atoms with Crippen LogP contribution in [0.2, 0.25) is 0 Å². The van der Waals surface area contributed by atoms with E-state index in [0.29, 0.717) is 66.3 Å². The topological polar surface area (TPSA) is 102 Å². The van der Waals surface area contributed by atoms with Crippen LogP contribution < -0.4 is 5.56 Å². The molecule has 0 unspecified atom stereocenters. The molecular formula is C22H30N4O5S. The molecule has 1 aliphatic heterocycles. The Morgan fingerprint density at radius 2 is 1.84 bits per heavy atom. The number of ether oxygens (including phenoxy) is 1. The predicted molar refractivity (Wildman–Crippen MR) is 122 cm³/mol. The lowest BCUT2D eigenvalue weighted by atomic mass is 9.97. The van der Waals surface area contributed by atoms with Crippen LogP contribution in [0.3, 0.4) is 0 Å². The second kappa shape index (κ2) is 10.2. The fourth-order valence-electron chi connectivity index (χ4n) is 4.02. The zero-order valence-electron chi connectivity index (χ0n) is 19.0. The van der Waals surface area contributed by atoms with Gasteiger partial charge in [-0.2, -0.15) is 0 Å². The number of carbonyl (C=O) groups is 3. The van der Waals surface area contributed by atoms with Crippen LogP contribution in [0.5, 0.6) is 0 Å². The van der Waals surface area contributed by atoms with Gasteiger partial charge in [-0.1, -0.05) is 0 Å². The fourth-order valence-corrected chi connectivity index (χ4v) is 5.13. The molecule has 3 rings (SSSR count). The van der Waals surface area contributed by atoms with Gasteiger partial charge in [0.1, 0.15) is 11.4 Å². The van der Waals surface area contributed by atoms with Gasteiger partial charge >= 0.3 is 5.97 Å². The summed E-state index contributed by atoms with van der Waals surface area (Å²) in [6.45, 7) is 9.65. The van der Waals surface area contributed by atoms with E-state index in [4.69, 9.17) is 4.74 Å². The first-order valence-corrected chi connectivity index (χ1v) is 11.9.